The molecule has 9 heteroatoms. The molecule has 1 aliphatic rings. The van der Waals surface area contributed by atoms with Gasteiger partial charge in [-0.05, 0) is 56.6 Å². The van der Waals surface area contributed by atoms with Gasteiger partial charge >= 0.3 is 6.18 Å². The maximum absolute atomic E-state index is 13.9. The molecular formula is C22H23F3N4O2. The number of likely N-dealkylation sites (tertiary alicyclic amines) is 1. The summed E-state index contributed by atoms with van der Waals surface area (Å²) < 4.78 is 48.1. The number of hydrogen-bond donors (Lipinski definition) is 1. The molecular weight excluding hydrogens is 409 g/mol. The molecule has 0 saturated carbocycles. The van der Waals surface area contributed by atoms with E-state index in [0.717, 1.165) is 36.8 Å². The first kappa shape index (κ1) is 21.2. The predicted octanol–water partition coefficient (Wildman–Crippen LogP) is 4.36. The molecule has 1 aromatic carbocycles. The summed E-state index contributed by atoms with van der Waals surface area (Å²) in [7, 11) is 0. The third-order valence-corrected chi connectivity index (χ3v) is 5.54. The van der Waals surface area contributed by atoms with Gasteiger partial charge in [-0.3, -0.25) is 9.69 Å². The van der Waals surface area contributed by atoms with Crippen LogP contribution in [-0.2, 0) is 6.18 Å². The second kappa shape index (κ2) is 8.58. The number of carbonyl (C=O) groups excluding carboxylic acids is 1. The highest BCUT2D eigenvalue weighted by atomic mass is 19.4. The summed E-state index contributed by atoms with van der Waals surface area (Å²) in [4.78, 5) is 15.0. The van der Waals surface area contributed by atoms with Crippen molar-refractivity contribution in [2.75, 3.05) is 19.6 Å². The molecule has 0 spiro atoms. The summed E-state index contributed by atoms with van der Waals surface area (Å²) in [6, 6.07) is 9.94. The van der Waals surface area contributed by atoms with E-state index < -0.39 is 23.3 Å². The van der Waals surface area contributed by atoms with Crippen LogP contribution in [0.2, 0.25) is 0 Å². The molecule has 1 saturated heterocycles. The van der Waals surface area contributed by atoms with Gasteiger partial charge in [0.25, 0.3) is 5.91 Å². The molecule has 1 N–H and O–H groups in total. The summed E-state index contributed by atoms with van der Waals surface area (Å²) in [5.74, 6) is -0.142. The Morgan fingerprint density at radius 1 is 1.19 bits per heavy atom. The zero-order valence-corrected chi connectivity index (χ0v) is 17.0. The van der Waals surface area contributed by atoms with Gasteiger partial charge in [-0.2, -0.15) is 18.3 Å². The Morgan fingerprint density at radius 2 is 1.94 bits per heavy atom. The van der Waals surface area contributed by atoms with Crippen LogP contribution in [0, 0.1) is 6.92 Å². The number of hydrogen-bond acceptors (Lipinski definition) is 4. The molecule has 1 unspecified atom stereocenters. The quantitative estimate of drug-likeness (QED) is 0.629. The third-order valence-electron chi connectivity index (χ3n) is 5.54. The van der Waals surface area contributed by atoms with Gasteiger partial charge in [-0.15, -0.1) is 0 Å². The highest BCUT2D eigenvalue weighted by Crippen LogP contribution is 2.34. The molecule has 164 valence electrons. The minimum absolute atomic E-state index is 0.138. The van der Waals surface area contributed by atoms with Gasteiger partial charge in [-0.25, -0.2) is 4.68 Å². The normalized spacial score (nSPS) is 15.9. The summed E-state index contributed by atoms with van der Waals surface area (Å²) in [6.45, 7) is 3.53. The number of aromatic nitrogens is 2. The monoisotopic (exact) mass is 432 g/mol. The van der Waals surface area contributed by atoms with Gasteiger partial charge in [-0.1, -0.05) is 18.2 Å². The Labute approximate surface area is 177 Å². The van der Waals surface area contributed by atoms with Crippen molar-refractivity contribution in [1.29, 1.82) is 0 Å². The molecule has 1 aliphatic heterocycles. The lowest BCUT2D eigenvalue weighted by Crippen LogP contribution is -2.37. The summed E-state index contributed by atoms with van der Waals surface area (Å²) in [6.07, 6.45) is -0.156. The van der Waals surface area contributed by atoms with E-state index >= 15 is 0 Å². The number of aryl methyl sites for hydroxylation is 1. The minimum atomic E-state index is -4.75. The zero-order chi connectivity index (χ0) is 22.0. The van der Waals surface area contributed by atoms with Crippen LogP contribution in [0.5, 0.6) is 0 Å². The summed E-state index contributed by atoms with van der Waals surface area (Å²) >= 11 is 0. The number of nitrogens with one attached hydrogen (secondary N) is 1. The van der Waals surface area contributed by atoms with Crippen molar-refractivity contribution in [3.8, 4) is 5.69 Å². The van der Waals surface area contributed by atoms with Gasteiger partial charge in [0.1, 0.15) is 5.76 Å². The van der Waals surface area contributed by atoms with Crippen molar-refractivity contribution in [1.82, 2.24) is 20.0 Å². The topological polar surface area (TPSA) is 63.3 Å². The first-order valence-corrected chi connectivity index (χ1v) is 10.1. The van der Waals surface area contributed by atoms with Crippen LogP contribution in [0.4, 0.5) is 13.2 Å². The largest absolute Gasteiger partial charge is 0.468 e. The molecule has 1 atom stereocenters. The van der Waals surface area contributed by atoms with E-state index in [1.165, 1.54) is 0 Å². The molecule has 6 nitrogen and oxygen atoms in total. The number of halogens is 3. The number of alkyl halides is 3. The first-order valence-electron chi connectivity index (χ1n) is 10.1. The average molecular weight is 432 g/mol. The average Bonchev–Trinajstić information content (AvgIpc) is 3.49. The number of para-hydroxylation sites is 1. The standard InChI is InChI=1S/C22H23F3N4O2/c1-15-7-2-3-8-17(15)29-20(22(23,24)25)16(13-27-29)21(30)26-14-18(19-9-6-12-31-19)28-10-4-5-11-28/h2-3,6-9,12-13,18H,4-5,10-11,14H2,1H3,(H,26,30). The lowest BCUT2D eigenvalue weighted by Gasteiger charge is -2.26. The van der Waals surface area contributed by atoms with Crippen LogP contribution in [0.15, 0.2) is 53.3 Å². The Bertz CT molecular complexity index is 1040. The number of amides is 1. The van der Waals surface area contributed by atoms with Crippen LogP contribution in [-0.4, -0.2) is 40.2 Å². The first-order chi connectivity index (χ1) is 14.9. The van der Waals surface area contributed by atoms with E-state index in [1.54, 1.807) is 43.5 Å². The second-order valence-electron chi connectivity index (χ2n) is 7.59. The Hall–Kier alpha value is -3.07. The maximum Gasteiger partial charge on any atom is 0.434 e. The molecule has 0 bridgehead atoms. The van der Waals surface area contributed by atoms with Crippen LogP contribution < -0.4 is 5.32 Å². The van der Waals surface area contributed by atoms with Crippen molar-refractivity contribution in [2.24, 2.45) is 0 Å². The van der Waals surface area contributed by atoms with Crippen molar-refractivity contribution in [3.63, 3.8) is 0 Å². The SMILES string of the molecule is Cc1ccccc1-n1ncc(C(=O)NCC(c2ccco2)N2CCCC2)c1C(F)(F)F. The Morgan fingerprint density at radius 3 is 2.58 bits per heavy atom. The maximum atomic E-state index is 13.9. The molecule has 0 aliphatic carbocycles. The zero-order valence-electron chi connectivity index (χ0n) is 17.0. The fourth-order valence-corrected chi connectivity index (χ4v) is 4.00. The molecule has 4 rings (SSSR count). The molecule has 2 aromatic heterocycles. The Kier molecular flexibility index (Phi) is 5.86. The Balaban J connectivity index is 1.60. The number of rotatable bonds is 6. The van der Waals surface area contributed by atoms with Crippen LogP contribution in [0.1, 0.15) is 46.3 Å². The predicted molar refractivity (Wildman–Crippen MR) is 108 cm³/mol. The fourth-order valence-electron chi connectivity index (χ4n) is 4.00. The highest BCUT2D eigenvalue weighted by molar-refractivity contribution is 5.95. The molecule has 1 amide bonds. The van der Waals surface area contributed by atoms with Crippen molar-refractivity contribution >= 4 is 5.91 Å². The van der Waals surface area contributed by atoms with E-state index in [4.69, 9.17) is 4.42 Å². The van der Waals surface area contributed by atoms with Crippen molar-refractivity contribution < 1.29 is 22.4 Å². The van der Waals surface area contributed by atoms with Crippen LogP contribution >= 0.6 is 0 Å². The smallest absolute Gasteiger partial charge is 0.434 e. The van der Waals surface area contributed by atoms with E-state index in [0.29, 0.717) is 11.3 Å². The van der Waals surface area contributed by atoms with Crippen LogP contribution in [0.3, 0.4) is 0 Å². The number of nitrogens with zero attached hydrogens (tertiary/aromatic N) is 3. The highest BCUT2D eigenvalue weighted by Gasteiger charge is 2.41. The summed E-state index contributed by atoms with van der Waals surface area (Å²) in [5, 5.41) is 6.56. The number of benzene rings is 1. The van der Waals surface area contributed by atoms with E-state index in [9.17, 15) is 18.0 Å². The van der Waals surface area contributed by atoms with E-state index in [-0.39, 0.29) is 18.3 Å². The lowest BCUT2D eigenvalue weighted by atomic mass is 10.1. The third kappa shape index (κ3) is 4.36. The number of furan rings is 1. The van der Waals surface area contributed by atoms with Crippen LogP contribution in [0.25, 0.3) is 5.69 Å². The van der Waals surface area contributed by atoms with Gasteiger partial charge in [0.05, 0.1) is 29.8 Å². The van der Waals surface area contributed by atoms with Gasteiger partial charge < -0.3 is 9.73 Å². The van der Waals surface area contributed by atoms with Gasteiger partial charge in [0.2, 0.25) is 0 Å². The van der Waals surface area contributed by atoms with Gasteiger partial charge in [0.15, 0.2) is 5.69 Å². The molecule has 0 radical (unpaired) electrons. The molecule has 1 fully saturated rings. The number of carbonyl (C=O) groups is 1. The van der Waals surface area contributed by atoms with E-state index in [1.807, 2.05) is 6.07 Å². The van der Waals surface area contributed by atoms with E-state index in [2.05, 4.69) is 15.3 Å². The van der Waals surface area contributed by atoms with Gasteiger partial charge in [0, 0.05) is 6.54 Å². The molecule has 3 heterocycles. The molecule has 31 heavy (non-hydrogen) atoms. The second-order valence-corrected chi connectivity index (χ2v) is 7.59. The van der Waals surface area contributed by atoms with Crippen molar-refractivity contribution in [3.05, 3.63) is 71.4 Å². The minimum Gasteiger partial charge on any atom is -0.468 e. The summed E-state index contributed by atoms with van der Waals surface area (Å²) in [5.41, 5.74) is -0.695. The lowest BCUT2D eigenvalue weighted by molar-refractivity contribution is -0.143. The fraction of sp³-hybridized carbons (Fsp3) is 0.364. The molecule has 3 aromatic rings. The van der Waals surface area contributed by atoms with Crippen molar-refractivity contribution in [2.45, 2.75) is 32.0 Å².